The molecule has 2 aromatic carbocycles. The van der Waals surface area contributed by atoms with Crippen LogP contribution in [-0.4, -0.2) is 24.5 Å². The standard InChI is InChI=1S/C15H14BrN3O4/c1-23-14-7-6-12(19(21)22)8-13(14)18-15(20)9-17-11-4-2-10(16)3-5-11/h2-8,17H,9H2,1H3,(H,18,20). The quantitative estimate of drug-likeness (QED) is 0.592. The van der Waals surface area contributed by atoms with E-state index in [4.69, 9.17) is 4.74 Å². The highest BCUT2D eigenvalue weighted by atomic mass is 79.9. The number of rotatable bonds is 6. The maximum atomic E-state index is 12.0. The van der Waals surface area contributed by atoms with Crippen LogP contribution in [0.25, 0.3) is 0 Å². The Morgan fingerprint density at radius 1 is 1.26 bits per heavy atom. The molecule has 0 radical (unpaired) electrons. The van der Waals surface area contributed by atoms with Gasteiger partial charge < -0.3 is 15.4 Å². The van der Waals surface area contributed by atoms with Crippen LogP contribution in [0.3, 0.4) is 0 Å². The van der Waals surface area contributed by atoms with E-state index in [1.165, 1.54) is 25.3 Å². The van der Waals surface area contributed by atoms with Gasteiger partial charge in [-0.2, -0.15) is 0 Å². The summed E-state index contributed by atoms with van der Waals surface area (Å²) in [5, 5.41) is 16.4. The molecule has 0 aliphatic rings. The van der Waals surface area contributed by atoms with E-state index in [2.05, 4.69) is 26.6 Å². The van der Waals surface area contributed by atoms with Crippen LogP contribution in [0.15, 0.2) is 46.9 Å². The predicted octanol–water partition coefficient (Wildman–Crippen LogP) is 3.42. The lowest BCUT2D eigenvalue weighted by Gasteiger charge is -2.11. The first-order valence-corrected chi connectivity index (χ1v) is 7.40. The van der Waals surface area contributed by atoms with Crippen molar-refractivity contribution >= 4 is 38.9 Å². The number of methoxy groups -OCH3 is 1. The molecule has 120 valence electrons. The van der Waals surface area contributed by atoms with Gasteiger partial charge in [-0.25, -0.2) is 0 Å². The van der Waals surface area contributed by atoms with E-state index >= 15 is 0 Å². The van der Waals surface area contributed by atoms with Crippen LogP contribution >= 0.6 is 15.9 Å². The summed E-state index contributed by atoms with van der Waals surface area (Å²) in [6.45, 7) is 0.0213. The fourth-order valence-electron chi connectivity index (χ4n) is 1.85. The number of nitro groups is 1. The van der Waals surface area contributed by atoms with Gasteiger partial charge in [0.15, 0.2) is 0 Å². The largest absolute Gasteiger partial charge is 0.495 e. The molecule has 2 aromatic rings. The summed E-state index contributed by atoms with van der Waals surface area (Å²) in [6, 6.07) is 11.4. The van der Waals surface area contributed by atoms with Crippen molar-refractivity contribution in [2.45, 2.75) is 0 Å². The molecule has 7 nitrogen and oxygen atoms in total. The van der Waals surface area contributed by atoms with Crippen molar-refractivity contribution in [3.05, 3.63) is 57.1 Å². The van der Waals surface area contributed by atoms with Crippen molar-refractivity contribution in [2.75, 3.05) is 24.3 Å². The molecule has 2 rings (SSSR count). The molecule has 2 N–H and O–H groups in total. The lowest BCUT2D eigenvalue weighted by atomic mass is 10.2. The molecule has 0 saturated heterocycles. The number of nitro benzene ring substituents is 1. The number of nitrogens with zero attached hydrogens (tertiary/aromatic N) is 1. The third-order valence-electron chi connectivity index (χ3n) is 2.97. The first-order chi connectivity index (χ1) is 11.0. The highest BCUT2D eigenvalue weighted by Crippen LogP contribution is 2.28. The molecule has 1 amide bonds. The molecule has 0 heterocycles. The topological polar surface area (TPSA) is 93.5 Å². The number of ether oxygens (including phenoxy) is 1. The van der Waals surface area contributed by atoms with E-state index in [-0.39, 0.29) is 23.8 Å². The van der Waals surface area contributed by atoms with Gasteiger partial charge in [-0.05, 0) is 30.3 Å². The Hall–Kier alpha value is -2.61. The highest BCUT2D eigenvalue weighted by molar-refractivity contribution is 9.10. The summed E-state index contributed by atoms with van der Waals surface area (Å²) in [4.78, 5) is 22.3. The highest BCUT2D eigenvalue weighted by Gasteiger charge is 2.13. The molecule has 0 fully saturated rings. The van der Waals surface area contributed by atoms with Crippen molar-refractivity contribution in [2.24, 2.45) is 0 Å². The zero-order valence-electron chi connectivity index (χ0n) is 12.2. The van der Waals surface area contributed by atoms with Crippen LogP contribution in [0, 0.1) is 10.1 Å². The average Bonchev–Trinajstić information content (AvgIpc) is 2.54. The summed E-state index contributed by atoms with van der Waals surface area (Å²) in [5.74, 6) is 0.0132. The lowest BCUT2D eigenvalue weighted by molar-refractivity contribution is -0.384. The molecule has 23 heavy (non-hydrogen) atoms. The minimum Gasteiger partial charge on any atom is -0.495 e. The van der Waals surface area contributed by atoms with Gasteiger partial charge in [0.25, 0.3) is 5.69 Å². The molecule has 0 aliphatic heterocycles. The first-order valence-electron chi connectivity index (χ1n) is 6.61. The van der Waals surface area contributed by atoms with E-state index in [1.807, 2.05) is 24.3 Å². The summed E-state index contributed by atoms with van der Waals surface area (Å²) in [6.07, 6.45) is 0. The lowest BCUT2D eigenvalue weighted by Crippen LogP contribution is -2.22. The molecule has 0 bridgehead atoms. The van der Waals surface area contributed by atoms with E-state index < -0.39 is 4.92 Å². The van der Waals surface area contributed by atoms with Crippen LogP contribution in [-0.2, 0) is 4.79 Å². The molecule has 0 aliphatic carbocycles. The number of carbonyl (C=O) groups is 1. The van der Waals surface area contributed by atoms with E-state index in [0.29, 0.717) is 5.75 Å². The van der Waals surface area contributed by atoms with Crippen LogP contribution < -0.4 is 15.4 Å². The normalized spacial score (nSPS) is 10.0. The van der Waals surface area contributed by atoms with E-state index in [0.717, 1.165) is 10.2 Å². The number of anilines is 2. The van der Waals surface area contributed by atoms with Crippen molar-refractivity contribution < 1.29 is 14.5 Å². The van der Waals surface area contributed by atoms with Crippen LogP contribution in [0.5, 0.6) is 5.75 Å². The average molecular weight is 380 g/mol. The molecule has 0 aromatic heterocycles. The molecule has 0 unspecified atom stereocenters. The van der Waals surface area contributed by atoms with Crippen molar-refractivity contribution in [1.82, 2.24) is 0 Å². The molecular formula is C15H14BrN3O4. The van der Waals surface area contributed by atoms with Gasteiger partial charge >= 0.3 is 0 Å². The monoisotopic (exact) mass is 379 g/mol. The van der Waals surface area contributed by atoms with Gasteiger partial charge in [-0.3, -0.25) is 14.9 Å². The van der Waals surface area contributed by atoms with Gasteiger partial charge in [0.05, 0.1) is 24.3 Å². The molecular weight excluding hydrogens is 366 g/mol. The Morgan fingerprint density at radius 2 is 1.96 bits per heavy atom. The second-order valence-electron chi connectivity index (χ2n) is 4.55. The number of hydrogen-bond donors (Lipinski definition) is 2. The molecule has 0 spiro atoms. The number of nitrogens with one attached hydrogen (secondary N) is 2. The van der Waals surface area contributed by atoms with Crippen LogP contribution in [0.4, 0.5) is 17.1 Å². The smallest absolute Gasteiger partial charge is 0.271 e. The first kappa shape index (κ1) is 16.8. The summed E-state index contributed by atoms with van der Waals surface area (Å²) >= 11 is 3.33. The Labute approximate surface area is 140 Å². The van der Waals surface area contributed by atoms with Crippen molar-refractivity contribution in [1.29, 1.82) is 0 Å². The Morgan fingerprint density at radius 3 is 2.57 bits per heavy atom. The minimum atomic E-state index is -0.533. The van der Waals surface area contributed by atoms with Crippen molar-refractivity contribution in [3.63, 3.8) is 0 Å². The number of benzene rings is 2. The predicted molar refractivity (Wildman–Crippen MR) is 90.9 cm³/mol. The van der Waals surface area contributed by atoms with Gasteiger partial charge in [-0.15, -0.1) is 0 Å². The van der Waals surface area contributed by atoms with E-state index in [9.17, 15) is 14.9 Å². The number of halogens is 1. The van der Waals surface area contributed by atoms with Gasteiger partial charge in [0, 0.05) is 22.3 Å². The maximum Gasteiger partial charge on any atom is 0.271 e. The SMILES string of the molecule is COc1ccc([N+](=O)[O-])cc1NC(=O)CNc1ccc(Br)cc1. The van der Waals surface area contributed by atoms with Crippen LogP contribution in [0.2, 0.25) is 0 Å². The third kappa shape index (κ3) is 4.68. The van der Waals surface area contributed by atoms with E-state index in [1.54, 1.807) is 0 Å². The van der Waals surface area contributed by atoms with Gasteiger partial charge in [-0.1, -0.05) is 15.9 Å². The number of hydrogen-bond acceptors (Lipinski definition) is 5. The molecule has 0 atom stereocenters. The van der Waals surface area contributed by atoms with Crippen molar-refractivity contribution in [3.8, 4) is 5.75 Å². The van der Waals surface area contributed by atoms with Gasteiger partial charge in [0.1, 0.15) is 5.75 Å². The minimum absolute atomic E-state index is 0.0213. The Kier molecular flexibility index (Phi) is 5.53. The summed E-state index contributed by atoms with van der Waals surface area (Å²) in [5.41, 5.74) is 0.917. The molecule has 0 saturated carbocycles. The zero-order chi connectivity index (χ0) is 16.8. The second-order valence-corrected chi connectivity index (χ2v) is 5.47. The fraction of sp³-hybridized carbons (Fsp3) is 0.133. The Balaban J connectivity index is 2.02. The maximum absolute atomic E-state index is 12.0. The second kappa shape index (κ2) is 7.59. The number of carbonyl (C=O) groups excluding carboxylic acids is 1. The van der Waals surface area contributed by atoms with Crippen LogP contribution in [0.1, 0.15) is 0 Å². The molecule has 8 heteroatoms. The third-order valence-corrected chi connectivity index (χ3v) is 3.49. The Bertz CT molecular complexity index is 719. The summed E-state index contributed by atoms with van der Waals surface area (Å²) in [7, 11) is 1.43. The number of amides is 1. The zero-order valence-corrected chi connectivity index (χ0v) is 13.8. The van der Waals surface area contributed by atoms with Gasteiger partial charge in [0.2, 0.25) is 5.91 Å². The summed E-state index contributed by atoms with van der Waals surface area (Å²) < 4.78 is 6.03. The number of non-ortho nitro benzene ring substituents is 1. The fourth-order valence-corrected chi connectivity index (χ4v) is 2.12.